The molecule has 3 aromatic rings. The Balaban J connectivity index is 1.41. The summed E-state index contributed by atoms with van der Waals surface area (Å²) in [6, 6.07) is 18.6. The summed E-state index contributed by atoms with van der Waals surface area (Å²) < 4.78 is 12.8. The van der Waals surface area contributed by atoms with Crippen molar-refractivity contribution in [1.82, 2.24) is 9.55 Å². The number of benzene rings is 2. The molecule has 28 heavy (non-hydrogen) atoms. The first-order chi connectivity index (χ1) is 13.7. The van der Waals surface area contributed by atoms with Crippen LogP contribution in [0.3, 0.4) is 0 Å². The molecule has 2 atom stereocenters. The Bertz CT molecular complexity index is 1000. The molecule has 2 heterocycles. The summed E-state index contributed by atoms with van der Waals surface area (Å²) in [5, 5.41) is 0. The quantitative estimate of drug-likeness (QED) is 0.638. The van der Waals surface area contributed by atoms with Crippen LogP contribution in [0.25, 0.3) is 11.1 Å². The van der Waals surface area contributed by atoms with Crippen molar-refractivity contribution in [3.63, 3.8) is 0 Å². The van der Waals surface area contributed by atoms with E-state index in [4.69, 9.17) is 9.47 Å². The van der Waals surface area contributed by atoms with Crippen molar-refractivity contribution in [3.05, 3.63) is 89.1 Å². The lowest BCUT2D eigenvalue weighted by Gasteiger charge is -2.16. The largest absolute Gasteiger partial charge is 0.459 e. The van der Waals surface area contributed by atoms with Crippen molar-refractivity contribution in [2.75, 3.05) is 6.61 Å². The number of hydrogen-bond donors (Lipinski definition) is 0. The molecule has 6 nitrogen and oxygen atoms in total. The summed E-state index contributed by atoms with van der Waals surface area (Å²) in [4.78, 5) is 28.3. The highest BCUT2D eigenvalue weighted by Gasteiger charge is 2.28. The summed E-state index contributed by atoms with van der Waals surface area (Å²) in [6.45, 7) is 0.158. The molecule has 4 rings (SSSR count). The average molecular weight is 376 g/mol. The van der Waals surface area contributed by atoms with Crippen LogP contribution in [0.15, 0.2) is 77.9 Å². The van der Waals surface area contributed by atoms with Gasteiger partial charge in [-0.2, -0.15) is 0 Å². The van der Waals surface area contributed by atoms with E-state index in [1.165, 1.54) is 4.57 Å². The maximum Gasteiger partial charge on any atom is 0.349 e. The van der Waals surface area contributed by atoms with E-state index in [0.29, 0.717) is 18.4 Å². The highest BCUT2D eigenvalue weighted by Crippen LogP contribution is 2.28. The molecule has 0 N–H and O–H groups in total. The second-order valence-corrected chi connectivity index (χ2v) is 6.65. The normalized spacial score (nSPS) is 18.7. The fourth-order valence-corrected chi connectivity index (χ4v) is 3.26. The van der Waals surface area contributed by atoms with E-state index < -0.39 is 6.23 Å². The Morgan fingerprint density at radius 2 is 1.75 bits per heavy atom. The second kappa shape index (κ2) is 8.19. The third kappa shape index (κ3) is 4.02. The van der Waals surface area contributed by atoms with Gasteiger partial charge in [-0.15, -0.1) is 0 Å². The van der Waals surface area contributed by atoms with Gasteiger partial charge in [0.15, 0.2) is 0 Å². The van der Waals surface area contributed by atoms with Crippen molar-refractivity contribution < 1.29 is 14.3 Å². The molecule has 1 aliphatic rings. The van der Waals surface area contributed by atoms with Crippen LogP contribution in [0, 0.1) is 0 Å². The highest BCUT2D eigenvalue weighted by molar-refractivity contribution is 5.89. The molecule has 0 radical (unpaired) electrons. The van der Waals surface area contributed by atoms with Gasteiger partial charge in [-0.1, -0.05) is 48.5 Å². The molecular weight excluding hydrogens is 356 g/mol. The van der Waals surface area contributed by atoms with Gasteiger partial charge in [-0.05, 0) is 30.5 Å². The SMILES string of the molecule is O=C(OC[C@@H]1CC[C@H](n2cc(-c3ccccc3)cnc2=O)O1)c1ccccc1. The molecule has 1 aliphatic heterocycles. The molecule has 0 spiro atoms. The van der Waals surface area contributed by atoms with E-state index >= 15 is 0 Å². The smallest absolute Gasteiger partial charge is 0.349 e. The van der Waals surface area contributed by atoms with Gasteiger partial charge < -0.3 is 9.47 Å². The maximum absolute atomic E-state index is 12.2. The van der Waals surface area contributed by atoms with Crippen LogP contribution in [-0.4, -0.2) is 28.2 Å². The van der Waals surface area contributed by atoms with Gasteiger partial charge in [0, 0.05) is 18.0 Å². The Hall–Kier alpha value is -3.25. The predicted molar refractivity (Wildman–Crippen MR) is 104 cm³/mol. The zero-order valence-corrected chi connectivity index (χ0v) is 15.2. The van der Waals surface area contributed by atoms with E-state index in [1.54, 1.807) is 36.7 Å². The lowest BCUT2D eigenvalue weighted by molar-refractivity contribution is -0.0339. The topological polar surface area (TPSA) is 70.4 Å². The van der Waals surface area contributed by atoms with Crippen LogP contribution in [-0.2, 0) is 9.47 Å². The van der Waals surface area contributed by atoms with Gasteiger partial charge in [0.2, 0.25) is 0 Å². The van der Waals surface area contributed by atoms with E-state index in [-0.39, 0.29) is 24.4 Å². The van der Waals surface area contributed by atoms with Crippen LogP contribution < -0.4 is 5.69 Å². The first-order valence-corrected chi connectivity index (χ1v) is 9.22. The van der Waals surface area contributed by atoms with Crippen molar-refractivity contribution in [3.8, 4) is 11.1 Å². The van der Waals surface area contributed by atoms with Crippen LogP contribution in [0.1, 0.15) is 29.4 Å². The number of aromatic nitrogens is 2. The molecule has 0 saturated carbocycles. The monoisotopic (exact) mass is 376 g/mol. The number of carbonyl (C=O) groups is 1. The minimum Gasteiger partial charge on any atom is -0.459 e. The van der Waals surface area contributed by atoms with Crippen molar-refractivity contribution in [1.29, 1.82) is 0 Å². The molecule has 6 heteroatoms. The molecule has 2 aromatic carbocycles. The van der Waals surface area contributed by atoms with E-state index in [1.807, 2.05) is 36.4 Å². The molecule has 1 fully saturated rings. The molecule has 1 aromatic heterocycles. The van der Waals surface area contributed by atoms with Gasteiger partial charge in [0.05, 0.1) is 11.7 Å². The Kier molecular flexibility index (Phi) is 5.30. The van der Waals surface area contributed by atoms with Gasteiger partial charge in [-0.3, -0.25) is 4.57 Å². The molecule has 0 bridgehead atoms. The number of rotatable bonds is 5. The summed E-state index contributed by atoms with van der Waals surface area (Å²) in [5.74, 6) is -0.377. The van der Waals surface area contributed by atoms with Crippen LogP contribution in [0.5, 0.6) is 0 Å². The first-order valence-electron chi connectivity index (χ1n) is 9.22. The Morgan fingerprint density at radius 3 is 2.50 bits per heavy atom. The fourth-order valence-electron chi connectivity index (χ4n) is 3.26. The number of esters is 1. The number of ether oxygens (including phenoxy) is 2. The van der Waals surface area contributed by atoms with Crippen LogP contribution in [0.4, 0.5) is 0 Å². The minimum absolute atomic E-state index is 0.158. The van der Waals surface area contributed by atoms with Crippen molar-refractivity contribution >= 4 is 5.97 Å². The standard InChI is InChI=1S/C22H20N2O4/c25-21(17-9-5-2-6-10-17)27-15-19-11-12-20(28-19)24-14-18(13-23-22(24)26)16-7-3-1-4-8-16/h1-10,13-14,19-20H,11-12,15H2/t19-,20+/m0/s1. The minimum atomic E-state index is -0.413. The number of carbonyl (C=O) groups excluding carboxylic acids is 1. The van der Waals surface area contributed by atoms with E-state index in [2.05, 4.69) is 4.98 Å². The molecule has 1 saturated heterocycles. The number of hydrogen-bond acceptors (Lipinski definition) is 5. The maximum atomic E-state index is 12.2. The third-order valence-corrected chi connectivity index (χ3v) is 4.73. The van der Waals surface area contributed by atoms with Gasteiger partial charge in [0.25, 0.3) is 0 Å². The first kappa shape index (κ1) is 18.1. The summed E-state index contributed by atoms with van der Waals surface area (Å²) in [7, 11) is 0. The zero-order chi connectivity index (χ0) is 19.3. The Morgan fingerprint density at radius 1 is 1.04 bits per heavy atom. The molecule has 0 amide bonds. The third-order valence-electron chi connectivity index (χ3n) is 4.73. The van der Waals surface area contributed by atoms with Gasteiger partial charge in [-0.25, -0.2) is 14.6 Å². The summed E-state index contributed by atoms with van der Waals surface area (Å²) in [5.41, 5.74) is 1.98. The molecule has 0 aliphatic carbocycles. The average Bonchev–Trinajstić information content (AvgIpc) is 3.22. The summed E-state index contributed by atoms with van der Waals surface area (Å²) in [6.07, 6.45) is 4.05. The van der Waals surface area contributed by atoms with Crippen molar-refractivity contribution in [2.24, 2.45) is 0 Å². The van der Waals surface area contributed by atoms with Crippen LogP contribution in [0.2, 0.25) is 0 Å². The summed E-state index contributed by atoms with van der Waals surface area (Å²) >= 11 is 0. The Labute approximate surface area is 162 Å². The van der Waals surface area contributed by atoms with Crippen molar-refractivity contribution in [2.45, 2.75) is 25.2 Å². The molecule has 0 unspecified atom stereocenters. The second-order valence-electron chi connectivity index (χ2n) is 6.65. The van der Waals surface area contributed by atoms with Gasteiger partial charge in [0.1, 0.15) is 12.8 Å². The molecule has 142 valence electrons. The lowest BCUT2D eigenvalue weighted by atomic mass is 10.1. The lowest BCUT2D eigenvalue weighted by Crippen LogP contribution is -2.27. The highest BCUT2D eigenvalue weighted by atomic mass is 16.6. The molecular formula is C22H20N2O4. The number of nitrogens with zero attached hydrogens (tertiary/aromatic N) is 2. The predicted octanol–water partition coefficient (Wildman–Crippen LogP) is 3.44. The van der Waals surface area contributed by atoms with E-state index in [9.17, 15) is 9.59 Å². The van der Waals surface area contributed by atoms with Crippen LogP contribution >= 0.6 is 0 Å². The zero-order valence-electron chi connectivity index (χ0n) is 15.2. The fraction of sp³-hybridized carbons (Fsp3) is 0.227. The van der Waals surface area contributed by atoms with E-state index in [0.717, 1.165) is 11.1 Å². The van der Waals surface area contributed by atoms with Gasteiger partial charge >= 0.3 is 11.7 Å².